The van der Waals surface area contributed by atoms with Crippen molar-refractivity contribution in [3.63, 3.8) is 0 Å². The summed E-state index contributed by atoms with van der Waals surface area (Å²) in [7, 11) is 0. The number of benzene rings is 1. The first-order valence-electron chi connectivity index (χ1n) is 3.65. The van der Waals surface area contributed by atoms with Gasteiger partial charge < -0.3 is 11.5 Å². The molecule has 2 atom stereocenters. The maximum Gasteiger partial charge on any atom is 0.0828 e. The molecule has 0 radical (unpaired) electrons. The van der Waals surface area contributed by atoms with Crippen LogP contribution in [0, 0.1) is 0 Å². The molecular formula is C8H11N3. The molecule has 1 heterocycles. The van der Waals surface area contributed by atoms with Gasteiger partial charge in [0.05, 0.1) is 12.3 Å². The van der Waals surface area contributed by atoms with Crippen molar-refractivity contribution in [2.45, 2.75) is 12.3 Å². The monoisotopic (exact) mass is 149 g/mol. The molecule has 0 fully saturated rings. The molecule has 0 saturated heterocycles. The van der Waals surface area contributed by atoms with Gasteiger partial charge in [-0.05, 0) is 11.1 Å². The standard InChI is InChI=1S/C8H11N3/c9-7-5-3-1-2-4-6(5)8(10)11-7/h1-4,7-8,11H,9-10H2/t7-,8-/m1/s1. The summed E-state index contributed by atoms with van der Waals surface area (Å²) in [6.45, 7) is 0. The van der Waals surface area contributed by atoms with Crippen molar-refractivity contribution < 1.29 is 0 Å². The molecule has 0 saturated carbocycles. The van der Waals surface area contributed by atoms with Crippen molar-refractivity contribution in [2.24, 2.45) is 11.5 Å². The molecule has 1 aromatic carbocycles. The van der Waals surface area contributed by atoms with Crippen LogP contribution in [0.2, 0.25) is 0 Å². The molecule has 0 aromatic heterocycles. The molecule has 0 bridgehead atoms. The minimum Gasteiger partial charge on any atom is -0.312 e. The highest BCUT2D eigenvalue weighted by atomic mass is 15.1. The average Bonchev–Trinajstić information content (AvgIpc) is 2.30. The van der Waals surface area contributed by atoms with E-state index in [2.05, 4.69) is 5.32 Å². The third kappa shape index (κ3) is 0.939. The number of hydrogen-bond acceptors (Lipinski definition) is 3. The highest BCUT2D eigenvalue weighted by Gasteiger charge is 2.23. The molecule has 1 aliphatic rings. The topological polar surface area (TPSA) is 64.1 Å². The van der Waals surface area contributed by atoms with Crippen LogP contribution in [0.15, 0.2) is 24.3 Å². The highest BCUT2D eigenvalue weighted by molar-refractivity contribution is 5.35. The third-order valence-corrected chi connectivity index (χ3v) is 2.03. The second-order valence-electron chi connectivity index (χ2n) is 2.75. The lowest BCUT2D eigenvalue weighted by molar-refractivity contribution is 0.519. The zero-order chi connectivity index (χ0) is 7.84. The van der Waals surface area contributed by atoms with Crippen LogP contribution in [0.5, 0.6) is 0 Å². The summed E-state index contributed by atoms with van der Waals surface area (Å²) in [5.74, 6) is 0. The first-order valence-corrected chi connectivity index (χ1v) is 3.65. The zero-order valence-corrected chi connectivity index (χ0v) is 6.12. The van der Waals surface area contributed by atoms with Gasteiger partial charge in [0.15, 0.2) is 0 Å². The van der Waals surface area contributed by atoms with Gasteiger partial charge >= 0.3 is 0 Å². The van der Waals surface area contributed by atoms with E-state index in [1.165, 1.54) is 0 Å². The molecule has 58 valence electrons. The summed E-state index contributed by atoms with van der Waals surface area (Å²) < 4.78 is 0. The maximum atomic E-state index is 5.75. The Morgan fingerprint density at radius 2 is 1.45 bits per heavy atom. The van der Waals surface area contributed by atoms with Crippen LogP contribution in [0.25, 0.3) is 0 Å². The van der Waals surface area contributed by atoms with Crippen LogP contribution in [-0.2, 0) is 0 Å². The van der Waals surface area contributed by atoms with Gasteiger partial charge in [0.1, 0.15) is 0 Å². The molecule has 0 amide bonds. The van der Waals surface area contributed by atoms with Gasteiger partial charge in [0.25, 0.3) is 0 Å². The summed E-state index contributed by atoms with van der Waals surface area (Å²) in [5, 5.41) is 3.04. The lowest BCUT2D eigenvalue weighted by Gasteiger charge is -2.04. The van der Waals surface area contributed by atoms with E-state index in [1.807, 2.05) is 24.3 Å². The second kappa shape index (κ2) is 2.30. The predicted octanol–water partition coefficient (Wildman–Crippen LogP) is 0.204. The minimum atomic E-state index is -0.0961. The van der Waals surface area contributed by atoms with Gasteiger partial charge in [-0.25, -0.2) is 0 Å². The molecule has 5 N–H and O–H groups in total. The summed E-state index contributed by atoms with van der Waals surface area (Å²) in [4.78, 5) is 0. The van der Waals surface area contributed by atoms with E-state index in [0.717, 1.165) is 11.1 Å². The number of rotatable bonds is 0. The van der Waals surface area contributed by atoms with Crippen molar-refractivity contribution >= 4 is 0 Å². The Hall–Kier alpha value is -0.900. The summed E-state index contributed by atoms with van der Waals surface area (Å²) >= 11 is 0. The molecule has 11 heavy (non-hydrogen) atoms. The van der Waals surface area contributed by atoms with Gasteiger partial charge in [-0.2, -0.15) is 0 Å². The third-order valence-electron chi connectivity index (χ3n) is 2.03. The van der Waals surface area contributed by atoms with Gasteiger partial charge in [-0.15, -0.1) is 0 Å². The Morgan fingerprint density at radius 1 is 1.00 bits per heavy atom. The first-order chi connectivity index (χ1) is 5.29. The Morgan fingerprint density at radius 3 is 1.91 bits per heavy atom. The fourth-order valence-corrected chi connectivity index (χ4v) is 1.45. The second-order valence-corrected chi connectivity index (χ2v) is 2.75. The fourth-order valence-electron chi connectivity index (χ4n) is 1.45. The van der Waals surface area contributed by atoms with Crippen molar-refractivity contribution in [1.29, 1.82) is 0 Å². The number of nitrogens with one attached hydrogen (secondary N) is 1. The molecule has 1 aromatic rings. The first kappa shape index (κ1) is 6.79. The lowest BCUT2D eigenvalue weighted by atomic mass is 10.1. The van der Waals surface area contributed by atoms with Crippen LogP contribution in [0.3, 0.4) is 0 Å². The predicted molar refractivity (Wildman–Crippen MR) is 43.4 cm³/mol. The van der Waals surface area contributed by atoms with Crippen LogP contribution in [0.4, 0.5) is 0 Å². The van der Waals surface area contributed by atoms with Crippen LogP contribution >= 0.6 is 0 Å². The molecule has 0 aliphatic carbocycles. The van der Waals surface area contributed by atoms with E-state index in [0.29, 0.717) is 0 Å². The lowest BCUT2D eigenvalue weighted by Crippen LogP contribution is -2.28. The number of hydrogen-bond donors (Lipinski definition) is 3. The Kier molecular flexibility index (Phi) is 1.42. The van der Waals surface area contributed by atoms with Gasteiger partial charge in [-0.1, -0.05) is 24.3 Å². The normalized spacial score (nSPS) is 28.5. The largest absolute Gasteiger partial charge is 0.312 e. The van der Waals surface area contributed by atoms with Crippen LogP contribution in [0.1, 0.15) is 23.5 Å². The molecule has 2 rings (SSSR count). The zero-order valence-electron chi connectivity index (χ0n) is 6.12. The van der Waals surface area contributed by atoms with E-state index >= 15 is 0 Å². The van der Waals surface area contributed by atoms with Crippen LogP contribution in [-0.4, -0.2) is 0 Å². The van der Waals surface area contributed by atoms with E-state index in [1.54, 1.807) is 0 Å². The smallest absolute Gasteiger partial charge is 0.0828 e. The molecule has 3 nitrogen and oxygen atoms in total. The van der Waals surface area contributed by atoms with Crippen molar-refractivity contribution in [2.75, 3.05) is 0 Å². The van der Waals surface area contributed by atoms with Gasteiger partial charge in [-0.3, -0.25) is 5.32 Å². The quantitative estimate of drug-likeness (QED) is 0.494. The van der Waals surface area contributed by atoms with Crippen LogP contribution < -0.4 is 16.8 Å². The molecule has 3 heteroatoms. The number of nitrogens with two attached hydrogens (primary N) is 2. The van der Waals surface area contributed by atoms with Gasteiger partial charge in [0.2, 0.25) is 0 Å². The molecule has 0 spiro atoms. The Labute approximate surface area is 65.4 Å². The molecule has 1 aliphatic heterocycles. The fraction of sp³-hybridized carbons (Fsp3) is 0.250. The number of fused-ring (bicyclic) bond motifs is 1. The SMILES string of the molecule is N[C@@H]1N[C@@H](N)c2ccccc21. The van der Waals surface area contributed by atoms with E-state index in [-0.39, 0.29) is 12.3 Å². The Balaban J connectivity index is 2.52. The van der Waals surface area contributed by atoms with E-state index in [9.17, 15) is 0 Å². The van der Waals surface area contributed by atoms with E-state index in [4.69, 9.17) is 11.5 Å². The van der Waals surface area contributed by atoms with Crippen molar-refractivity contribution in [1.82, 2.24) is 5.32 Å². The maximum absolute atomic E-state index is 5.75. The molecule has 0 unspecified atom stereocenters. The molecular weight excluding hydrogens is 138 g/mol. The summed E-state index contributed by atoms with van der Waals surface area (Å²) in [6, 6.07) is 7.94. The van der Waals surface area contributed by atoms with Crippen molar-refractivity contribution in [3.05, 3.63) is 35.4 Å². The summed E-state index contributed by atoms with van der Waals surface area (Å²) in [5.41, 5.74) is 13.7. The summed E-state index contributed by atoms with van der Waals surface area (Å²) in [6.07, 6.45) is -0.192. The highest BCUT2D eigenvalue weighted by Crippen LogP contribution is 2.25. The van der Waals surface area contributed by atoms with Crippen molar-refractivity contribution in [3.8, 4) is 0 Å². The van der Waals surface area contributed by atoms with E-state index < -0.39 is 0 Å². The minimum absolute atomic E-state index is 0.0961. The average molecular weight is 149 g/mol. The Bertz CT molecular complexity index is 245. The van der Waals surface area contributed by atoms with Gasteiger partial charge in [0, 0.05) is 0 Å².